The number of aliphatic hydroxyl groups excluding tert-OH is 1. The van der Waals surface area contributed by atoms with Crippen LogP contribution < -0.4 is 5.32 Å². The predicted octanol–water partition coefficient (Wildman–Crippen LogP) is -0.749. The van der Waals surface area contributed by atoms with E-state index in [0.29, 0.717) is 13.2 Å². The molecule has 2 amide bonds. The van der Waals surface area contributed by atoms with Gasteiger partial charge in [-0.25, -0.2) is 9.59 Å². The van der Waals surface area contributed by atoms with Gasteiger partial charge in [-0.05, 0) is 13.8 Å². The van der Waals surface area contributed by atoms with Gasteiger partial charge >= 0.3 is 12.0 Å². The molecule has 0 spiro atoms. The summed E-state index contributed by atoms with van der Waals surface area (Å²) in [7, 11) is 0. The molecule has 1 aliphatic rings. The van der Waals surface area contributed by atoms with Gasteiger partial charge in [0.05, 0.1) is 25.3 Å². The van der Waals surface area contributed by atoms with Gasteiger partial charge in [0.25, 0.3) is 0 Å². The first-order chi connectivity index (χ1) is 7.91. The normalized spacial score (nSPS) is 26.4. The molecule has 1 saturated heterocycles. The molecule has 0 saturated carbocycles. The molecule has 17 heavy (non-hydrogen) atoms. The highest BCUT2D eigenvalue weighted by Gasteiger charge is 2.28. The summed E-state index contributed by atoms with van der Waals surface area (Å²) in [5, 5.41) is 19.9. The number of nitrogens with one attached hydrogen (secondary N) is 1. The van der Waals surface area contributed by atoms with Crippen LogP contribution in [0.15, 0.2) is 0 Å². The van der Waals surface area contributed by atoms with Gasteiger partial charge in [-0.3, -0.25) is 0 Å². The number of hydrogen-bond donors (Lipinski definition) is 3. The Kier molecular flexibility index (Phi) is 4.71. The van der Waals surface area contributed by atoms with E-state index >= 15 is 0 Å². The molecule has 1 aliphatic heterocycles. The molecule has 3 atom stereocenters. The number of carboxylic acids is 1. The van der Waals surface area contributed by atoms with Gasteiger partial charge in [0, 0.05) is 6.54 Å². The zero-order chi connectivity index (χ0) is 13.0. The van der Waals surface area contributed by atoms with E-state index in [1.54, 1.807) is 4.90 Å². The van der Waals surface area contributed by atoms with Crippen molar-refractivity contribution in [3.8, 4) is 0 Å². The Bertz CT molecular complexity index is 296. The lowest BCUT2D eigenvalue weighted by Gasteiger charge is -2.36. The maximum atomic E-state index is 11.7. The van der Waals surface area contributed by atoms with E-state index in [1.165, 1.54) is 0 Å². The predicted molar refractivity (Wildman–Crippen MR) is 58.6 cm³/mol. The van der Waals surface area contributed by atoms with Gasteiger partial charge in [0.2, 0.25) is 0 Å². The summed E-state index contributed by atoms with van der Waals surface area (Å²) in [5.41, 5.74) is 0. The van der Waals surface area contributed by atoms with Crippen molar-refractivity contribution in [3.05, 3.63) is 0 Å². The molecule has 0 aromatic rings. The molecule has 1 rings (SSSR count). The van der Waals surface area contributed by atoms with Crippen LogP contribution in [0.25, 0.3) is 0 Å². The first-order valence-corrected chi connectivity index (χ1v) is 5.48. The van der Waals surface area contributed by atoms with Gasteiger partial charge in [-0.1, -0.05) is 0 Å². The van der Waals surface area contributed by atoms with E-state index in [4.69, 9.17) is 14.9 Å². The maximum Gasteiger partial charge on any atom is 0.334 e. The summed E-state index contributed by atoms with van der Waals surface area (Å²) in [6.45, 7) is 4.32. The van der Waals surface area contributed by atoms with Crippen molar-refractivity contribution in [2.75, 3.05) is 19.7 Å². The average Bonchev–Trinajstić information content (AvgIpc) is 2.28. The molecule has 0 radical (unpaired) electrons. The summed E-state index contributed by atoms with van der Waals surface area (Å²) in [6, 6.07) is -0.443. The molecule has 7 heteroatoms. The van der Waals surface area contributed by atoms with Crippen LogP contribution in [0, 0.1) is 0 Å². The van der Waals surface area contributed by atoms with E-state index in [9.17, 15) is 9.59 Å². The summed E-state index contributed by atoms with van der Waals surface area (Å²) in [6.07, 6.45) is -1.62. The number of urea groups is 1. The Balaban J connectivity index is 2.43. The number of hydrogen-bond acceptors (Lipinski definition) is 4. The van der Waals surface area contributed by atoms with Gasteiger partial charge in [0.15, 0.2) is 6.10 Å². The molecule has 0 aromatic heterocycles. The molecular weight excluding hydrogens is 228 g/mol. The first-order valence-electron chi connectivity index (χ1n) is 5.48. The van der Waals surface area contributed by atoms with Crippen LogP contribution in [0.4, 0.5) is 4.79 Å². The fraction of sp³-hybridized carbons (Fsp3) is 0.800. The molecular formula is C10H18N2O5. The van der Waals surface area contributed by atoms with Crippen molar-refractivity contribution < 1.29 is 24.5 Å². The third-order valence-electron chi connectivity index (χ3n) is 2.60. The second-order valence-corrected chi connectivity index (χ2v) is 4.19. The van der Waals surface area contributed by atoms with Crippen LogP contribution in [0.3, 0.4) is 0 Å². The van der Waals surface area contributed by atoms with Crippen molar-refractivity contribution in [1.29, 1.82) is 0 Å². The first kappa shape index (κ1) is 13.7. The molecule has 98 valence electrons. The number of nitrogens with zero attached hydrogens (tertiary/aromatic N) is 1. The van der Waals surface area contributed by atoms with E-state index in [-0.39, 0.29) is 24.7 Å². The van der Waals surface area contributed by atoms with Crippen molar-refractivity contribution in [2.45, 2.75) is 32.1 Å². The second-order valence-electron chi connectivity index (χ2n) is 4.19. The molecule has 1 fully saturated rings. The van der Waals surface area contributed by atoms with E-state index in [2.05, 4.69) is 5.32 Å². The van der Waals surface area contributed by atoms with Crippen molar-refractivity contribution >= 4 is 12.0 Å². The summed E-state index contributed by atoms with van der Waals surface area (Å²) in [4.78, 5) is 23.7. The van der Waals surface area contributed by atoms with E-state index in [1.807, 2.05) is 13.8 Å². The van der Waals surface area contributed by atoms with Crippen molar-refractivity contribution in [3.63, 3.8) is 0 Å². The topological polar surface area (TPSA) is 99.1 Å². The Labute approximate surface area is 99.4 Å². The maximum absolute atomic E-state index is 11.7. The Morgan fingerprint density at radius 2 is 2.18 bits per heavy atom. The zero-order valence-electron chi connectivity index (χ0n) is 9.92. The Morgan fingerprint density at radius 3 is 2.76 bits per heavy atom. The minimum Gasteiger partial charge on any atom is -0.479 e. The van der Waals surface area contributed by atoms with Crippen molar-refractivity contribution in [2.24, 2.45) is 0 Å². The monoisotopic (exact) mass is 246 g/mol. The highest BCUT2D eigenvalue weighted by molar-refractivity contribution is 5.77. The minimum absolute atomic E-state index is 0.0404. The van der Waals surface area contributed by atoms with Crippen LogP contribution in [0.1, 0.15) is 13.8 Å². The smallest absolute Gasteiger partial charge is 0.334 e. The quantitative estimate of drug-likeness (QED) is 0.608. The van der Waals surface area contributed by atoms with Crippen LogP contribution in [0.2, 0.25) is 0 Å². The number of aliphatic carboxylic acids is 1. The average molecular weight is 246 g/mol. The number of carbonyl (C=O) groups is 2. The fourth-order valence-corrected chi connectivity index (χ4v) is 1.56. The molecule has 3 unspecified atom stereocenters. The number of carbonyl (C=O) groups excluding carboxylic acids is 1. The number of amides is 2. The number of ether oxygens (including phenoxy) is 1. The second kappa shape index (κ2) is 5.83. The fourth-order valence-electron chi connectivity index (χ4n) is 1.56. The van der Waals surface area contributed by atoms with E-state index in [0.717, 1.165) is 0 Å². The summed E-state index contributed by atoms with van der Waals surface area (Å²) < 4.78 is 5.37. The van der Waals surface area contributed by atoms with Gasteiger partial charge < -0.3 is 25.2 Å². The lowest BCUT2D eigenvalue weighted by Crippen LogP contribution is -2.54. The van der Waals surface area contributed by atoms with Gasteiger partial charge in [-0.15, -0.1) is 0 Å². The van der Waals surface area contributed by atoms with Crippen LogP contribution in [-0.2, 0) is 9.53 Å². The molecule has 0 bridgehead atoms. The highest BCUT2D eigenvalue weighted by Crippen LogP contribution is 2.11. The SMILES string of the molecule is CC1CN(C(=O)NCC(O)C(=O)O)C(C)CO1. The standard InChI is InChI=1S/C10H18N2O5/c1-6-5-17-7(2)4-12(6)10(16)11-3-8(13)9(14)15/h6-8,13H,3-5H2,1-2H3,(H,11,16)(H,14,15). The molecule has 0 aliphatic carbocycles. The lowest BCUT2D eigenvalue weighted by atomic mass is 10.2. The molecule has 7 nitrogen and oxygen atoms in total. The number of morpholine rings is 1. The number of aliphatic hydroxyl groups is 1. The molecule has 1 heterocycles. The van der Waals surface area contributed by atoms with Crippen LogP contribution >= 0.6 is 0 Å². The van der Waals surface area contributed by atoms with Crippen LogP contribution in [0.5, 0.6) is 0 Å². The number of rotatable bonds is 3. The lowest BCUT2D eigenvalue weighted by molar-refractivity contribution is -0.146. The zero-order valence-corrected chi connectivity index (χ0v) is 9.92. The minimum atomic E-state index is -1.58. The molecule has 3 N–H and O–H groups in total. The third-order valence-corrected chi connectivity index (χ3v) is 2.60. The van der Waals surface area contributed by atoms with Crippen molar-refractivity contribution in [1.82, 2.24) is 10.2 Å². The van der Waals surface area contributed by atoms with Gasteiger partial charge in [-0.2, -0.15) is 0 Å². The van der Waals surface area contributed by atoms with E-state index < -0.39 is 12.1 Å². The van der Waals surface area contributed by atoms with Crippen LogP contribution in [-0.4, -0.2) is 65.1 Å². The Hall–Kier alpha value is -1.34. The largest absolute Gasteiger partial charge is 0.479 e. The number of carboxylic acid groups (broad SMARTS) is 1. The highest BCUT2D eigenvalue weighted by atomic mass is 16.5. The van der Waals surface area contributed by atoms with Gasteiger partial charge in [0.1, 0.15) is 0 Å². The third kappa shape index (κ3) is 3.86. The Morgan fingerprint density at radius 1 is 1.53 bits per heavy atom. The molecule has 0 aromatic carbocycles. The summed E-state index contributed by atoms with van der Waals surface area (Å²) in [5.74, 6) is -1.35. The summed E-state index contributed by atoms with van der Waals surface area (Å²) >= 11 is 0.